The van der Waals surface area contributed by atoms with Crippen molar-refractivity contribution in [2.45, 2.75) is 32.0 Å². The van der Waals surface area contributed by atoms with Crippen LogP contribution in [0.1, 0.15) is 25.8 Å². The Kier molecular flexibility index (Phi) is 3.24. The smallest absolute Gasteiger partial charge is 0.139 e. The van der Waals surface area contributed by atoms with Crippen LogP contribution < -0.4 is 10.6 Å². The van der Waals surface area contributed by atoms with Crippen LogP contribution in [0.2, 0.25) is 0 Å². The summed E-state index contributed by atoms with van der Waals surface area (Å²) in [5.41, 5.74) is -0.262. The summed E-state index contributed by atoms with van der Waals surface area (Å²) in [6, 6.07) is 5.28. The summed E-state index contributed by atoms with van der Waals surface area (Å²) in [7, 11) is 0. The van der Waals surface area contributed by atoms with E-state index in [-0.39, 0.29) is 5.75 Å². The largest absolute Gasteiger partial charge is 0.506 e. The first-order valence-corrected chi connectivity index (χ1v) is 5.96. The highest BCUT2D eigenvalue weighted by atomic mass is 19.1. The molecule has 1 saturated heterocycles. The molecule has 1 aliphatic rings. The lowest BCUT2D eigenvalue weighted by Crippen LogP contribution is -2.22. The van der Waals surface area contributed by atoms with Gasteiger partial charge in [0.1, 0.15) is 11.4 Å². The molecular weight excluding hydrogens is 219 g/mol. The number of nitrogens with one attached hydrogen (secondary N) is 2. The molecule has 17 heavy (non-hydrogen) atoms. The molecule has 0 saturated carbocycles. The Morgan fingerprint density at radius 1 is 1.47 bits per heavy atom. The van der Waals surface area contributed by atoms with E-state index in [4.69, 9.17) is 0 Å². The Morgan fingerprint density at radius 2 is 2.24 bits per heavy atom. The highest BCUT2D eigenvalue weighted by molar-refractivity contribution is 5.58. The first-order valence-electron chi connectivity index (χ1n) is 5.96. The van der Waals surface area contributed by atoms with Gasteiger partial charge in [-0.1, -0.05) is 6.07 Å². The first-order chi connectivity index (χ1) is 7.97. The fourth-order valence-electron chi connectivity index (χ4n) is 2.02. The molecule has 0 bridgehead atoms. The van der Waals surface area contributed by atoms with Gasteiger partial charge < -0.3 is 15.7 Å². The number of halogens is 1. The molecule has 0 aromatic heterocycles. The molecule has 0 aliphatic carbocycles. The number of hydrogen-bond donors (Lipinski definition) is 3. The normalized spacial score (nSPS) is 20.5. The third kappa shape index (κ3) is 2.88. The minimum Gasteiger partial charge on any atom is -0.506 e. The van der Waals surface area contributed by atoms with Gasteiger partial charge in [-0.3, -0.25) is 0 Å². The van der Waals surface area contributed by atoms with Gasteiger partial charge in [-0.15, -0.1) is 0 Å². The summed E-state index contributed by atoms with van der Waals surface area (Å²) in [4.78, 5) is 0. The number of hydrogen-bond acceptors (Lipinski definition) is 3. The van der Waals surface area contributed by atoms with Crippen LogP contribution in [0.3, 0.4) is 0 Å². The van der Waals surface area contributed by atoms with E-state index in [1.54, 1.807) is 12.1 Å². The zero-order chi connectivity index (χ0) is 12.5. The van der Waals surface area contributed by atoms with Gasteiger partial charge in [0.2, 0.25) is 0 Å². The van der Waals surface area contributed by atoms with Crippen molar-refractivity contribution in [1.29, 1.82) is 0 Å². The van der Waals surface area contributed by atoms with Crippen molar-refractivity contribution >= 4 is 5.69 Å². The maximum absolute atomic E-state index is 13.7. The molecule has 1 unspecified atom stereocenters. The lowest BCUT2D eigenvalue weighted by Gasteiger charge is -2.18. The van der Waals surface area contributed by atoms with E-state index >= 15 is 0 Å². The van der Waals surface area contributed by atoms with E-state index in [1.807, 2.05) is 0 Å². The van der Waals surface area contributed by atoms with Gasteiger partial charge in [0.15, 0.2) is 0 Å². The quantitative estimate of drug-likeness (QED) is 0.708. The third-order valence-electron chi connectivity index (χ3n) is 3.10. The van der Waals surface area contributed by atoms with Gasteiger partial charge in [-0.25, -0.2) is 4.39 Å². The summed E-state index contributed by atoms with van der Waals surface area (Å²) in [6.07, 6.45) is 1.04. The number of benzene rings is 1. The molecule has 4 heteroatoms. The van der Waals surface area contributed by atoms with E-state index in [1.165, 1.54) is 19.9 Å². The molecule has 2 rings (SSSR count). The van der Waals surface area contributed by atoms with Gasteiger partial charge in [0.25, 0.3) is 0 Å². The lowest BCUT2D eigenvalue weighted by atomic mass is 9.99. The van der Waals surface area contributed by atoms with E-state index in [2.05, 4.69) is 10.6 Å². The van der Waals surface area contributed by atoms with Crippen molar-refractivity contribution in [2.24, 2.45) is 0 Å². The lowest BCUT2D eigenvalue weighted by molar-refractivity contribution is 0.221. The summed E-state index contributed by atoms with van der Waals surface area (Å²) < 4.78 is 13.7. The molecule has 3 nitrogen and oxygen atoms in total. The van der Waals surface area contributed by atoms with Crippen LogP contribution >= 0.6 is 0 Å². The van der Waals surface area contributed by atoms with Gasteiger partial charge in [0.05, 0.1) is 5.69 Å². The van der Waals surface area contributed by atoms with Gasteiger partial charge in [-0.2, -0.15) is 0 Å². The van der Waals surface area contributed by atoms with E-state index in [0.717, 1.165) is 19.5 Å². The van der Waals surface area contributed by atoms with Crippen LogP contribution in [0.25, 0.3) is 0 Å². The van der Waals surface area contributed by atoms with Gasteiger partial charge >= 0.3 is 0 Å². The second-order valence-corrected chi connectivity index (χ2v) is 5.04. The maximum atomic E-state index is 13.7. The van der Waals surface area contributed by atoms with Crippen LogP contribution in [0.5, 0.6) is 5.75 Å². The Balaban J connectivity index is 2.14. The Bertz CT molecular complexity index is 395. The summed E-state index contributed by atoms with van der Waals surface area (Å²) in [5.74, 6) is 0.111. The predicted molar refractivity (Wildman–Crippen MR) is 67.1 cm³/mol. The number of rotatable bonds is 3. The summed E-state index contributed by atoms with van der Waals surface area (Å²) >= 11 is 0. The molecule has 1 aromatic carbocycles. The number of phenolic OH excluding ortho intramolecular Hbond substituents is 1. The van der Waals surface area contributed by atoms with Crippen molar-refractivity contribution in [1.82, 2.24) is 5.32 Å². The molecule has 3 N–H and O–H groups in total. The number of anilines is 1. The molecule has 1 atom stereocenters. The summed E-state index contributed by atoms with van der Waals surface area (Å²) in [5, 5.41) is 16.4. The van der Waals surface area contributed by atoms with Gasteiger partial charge in [-0.05, 0) is 44.5 Å². The Morgan fingerprint density at radius 3 is 2.76 bits per heavy atom. The SMILES string of the molecule is CC(C)(F)c1ccc(NC2CCNC2)c(O)c1. The minimum absolute atomic E-state index is 0.111. The van der Waals surface area contributed by atoms with E-state index in [9.17, 15) is 9.50 Å². The third-order valence-corrected chi connectivity index (χ3v) is 3.10. The minimum atomic E-state index is -1.43. The standard InChI is InChI=1S/C13H19FN2O/c1-13(2,14)9-3-4-11(12(17)7-9)16-10-5-6-15-8-10/h3-4,7,10,15-17H,5-6,8H2,1-2H3. The zero-order valence-electron chi connectivity index (χ0n) is 10.3. The molecule has 0 spiro atoms. The molecule has 1 aromatic rings. The van der Waals surface area contributed by atoms with Crippen molar-refractivity contribution in [2.75, 3.05) is 18.4 Å². The van der Waals surface area contributed by atoms with E-state index in [0.29, 0.717) is 17.3 Å². The second kappa shape index (κ2) is 4.53. The maximum Gasteiger partial charge on any atom is 0.139 e. The van der Waals surface area contributed by atoms with Crippen molar-refractivity contribution in [3.8, 4) is 5.75 Å². The number of alkyl halides is 1. The van der Waals surface area contributed by atoms with Crippen molar-refractivity contribution < 1.29 is 9.50 Å². The van der Waals surface area contributed by atoms with Crippen LogP contribution in [0.15, 0.2) is 18.2 Å². The molecule has 1 heterocycles. The second-order valence-electron chi connectivity index (χ2n) is 5.04. The Labute approximate surface area is 101 Å². The van der Waals surface area contributed by atoms with Crippen LogP contribution in [-0.4, -0.2) is 24.2 Å². The fourth-order valence-corrected chi connectivity index (χ4v) is 2.02. The van der Waals surface area contributed by atoms with E-state index < -0.39 is 5.67 Å². The number of aromatic hydroxyl groups is 1. The van der Waals surface area contributed by atoms with Gasteiger partial charge in [0, 0.05) is 12.6 Å². The van der Waals surface area contributed by atoms with Crippen LogP contribution in [0.4, 0.5) is 10.1 Å². The molecule has 1 aliphatic heterocycles. The highest BCUT2D eigenvalue weighted by Gasteiger charge is 2.21. The average molecular weight is 238 g/mol. The average Bonchev–Trinajstić information content (AvgIpc) is 2.72. The van der Waals surface area contributed by atoms with Crippen molar-refractivity contribution in [3.05, 3.63) is 23.8 Å². The predicted octanol–water partition coefficient (Wildman–Crippen LogP) is 2.37. The molecule has 94 valence electrons. The molecule has 1 fully saturated rings. The monoisotopic (exact) mass is 238 g/mol. The fraction of sp³-hybridized carbons (Fsp3) is 0.538. The zero-order valence-corrected chi connectivity index (χ0v) is 10.3. The topological polar surface area (TPSA) is 44.3 Å². The van der Waals surface area contributed by atoms with Crippen LogP contribution in [0, 0.1) is 0 Å². The van der Waals surface area contributed by atoms with Crippen LogP contribution in [-0.2, 0) is 5.67 Å². The summed E-state index contributed by atoms with van der Waals surface area (Å²) in [6.45, 7) is 4.86. The number of phenols is 1. The molecule has 0 radical (unpaired) electrons. The molecule has 0 amide bonds. The Hall–Kier alpha value is -1.29. The van der Waals surface area contributed by atoms with Crippen molar-refractivity contribution in [3.63, 3.8) is 0 Å². The highest BCUT2D eigenvalue weighted by Crippen LogP contribution is 2.32. The molecular formula is C13H19FN2O. The first kappa shape index (κ1) is 12.2.